The van der Waals surface area contributed by atoms with Crippen molar-refractivity contribution in [2.45, 2.75) is 39.1 Å². The lowest BCUT2D eigenvalue weighted by Gasteiger charge is -2.49. The Morgan fingerprint density at radius 1 is 1.28 bits per heavy atom. The Kier molecular flexibility index (Phi) is 9.34. The number of hydrogen-bond acceptors (Lipinski definition) is 14. The van der Waals surface area contributed by atoms with Crippen molar-refractivity contribution in [3.63, 3.8) is 0 Å². The fraction of sp³-hybridized carbons (Fsp3) is 0.435. The molecule has 2 atom stereocenters. The largest absolute Gasteiger partial charge is 0.462 e. The summed E-state index contributed by atoms with van der Waals surface area (Å²) in [4.78, 5) is 67.0. The van der Waals surface area contributed by atoms with Crippen LogP contribution >= 0.6 is 23.1 Å². The summed E-state index contributed by atoms with van der Waals surface area (Å²) in [6, 6.07) is -1.05. The average molecular weight is 582 g/mol. The van der Waals surface area contributed by atoms with Gasteiger partial charge in [0.05, 0.1) is 5.41 Å². The highest BCUT2D eigenvalue weighted by Crippen LogP contribution is 2.41. The van der Waals surface area contributed by atoms with Crippen LogP contribution in [0.5, 0.6) is 0 Å². The van der Waals surface area contributed by atoms with Crippen LogP contribution in [-0.2, 0) is 38.2 Å². The first kappa shape index (κ1) is 29.6. The third-order valence-corrected chi connectivity index (χ3v) is 7.23. The number of ether oxygens (including phenoxy) is 3. The van der Waals surface area contributed by atoms with Crippen LogP contribution in [0.1, 0.15) is 33.4 Å². The maximum absolute atomic E-state index is 13.1. The molecule has 1 aromatic heterocycles. The Balaban J connectivity index is 1.77. The topological polar surface area (TPSA) is 200 Å². The fourth-order valence-corrected chi connectivity index (χ4v) is 5.22. The van der Waals surface area contributed by atoms with Crippen LogP contribution in [0.15, 0.2) is 34.0 Å². The molecule has 0 radical (unpaired) electrons. The number of oxime groups is 1. The number of carbonyl (C=O) groups is 5. The van der Waals surface area contributed by atoms with E-state index in [1.54, 1.807) is 20.8 Å². The van der Waals surface area contributed by atoms with Crippen molar-refractivity contribution >= 4 is 63.7 Å². The number of thioether (sulfide) groups is 1. The SMILES string of the molecule is CC(=O)OC/C=C/C1=C(C(=O)OCOC(=O)C(C)(C)C)N2C(=O)C(NC(=O)/C(=N\O)c3csc(N)n3)[C@H]2SC1. The minimum atomic E-state index is -1.05. The number of fused-ring (bicyclic) bond motifs is 1. The number of nitrogens with two attached hydrogens (primary N) is 1. The summed E-state index contributed by atoms with van der Waals surface area (Å²) in [6.07, 6.45) is 3.02. The van der Waals surface area contributed by atoms with Gasteiger partial charge >= 0.3 is 17.9 Å². The van der Waals surface area contributed by atoms with Crippen LogP contribution in [-0.4, -0.2) is 81.1 Å². The van der Waals surface area contributed by atoms with Gasteiger partial charge in [0.25, 0.3) is 11.8 Å². The molecular formula is C23H27N5O9S2. The number of nitrogens with one attached hydrogen (secondary N) is 1. The summed E-state index contributed by atoms with van der Waals surface area (Å²) in [5.74, 6) is -3.27. The zero-order chi connectivity index (χ0) is 28.9. The highest BCUT2D eigenvalue weighted by molar-refractivity contribution is 8.00. The molecule has 1 saturated heterocycles. The Hall–Kier alpha value is -3.92. The molecule has 0 aromatic carbocycles. The van der Waals surface area contributed by atoms with Gasteiger partial charge in [-0.15, -0.1) is 23.1 Å². The number of allylic oxidation sites excluding steroid dienone is 1. The first-order valence-corrected chi connectivity index (χ1v) is 13.3. The van der Waals surface area contributed by atoms with Gasteiger partial charge < -0.3 is 30.5 Å². The van der Waals surface area contributed by atoms with E-state index < -0.39 is 59.1 Å². The van der Waals surface area contributed by atoms with Crippen molar-refractivity contribution in [1.29, 1.82) is 0 Å². The number of amides is 2. The molecule has 1 aromatic rings. The second-order valence-corrected chi connectivity index (χ2v) is 11.2. The molecule has 0 spiro atoms. The quantitative estimate of drug-likeness (QED) is 0.0925. The van der Waals surface area contributed by atoms with Crippen LogP contribution < -0.4 is 11.1 Å². The summed E-state index contributed by atoms with van der Waals surface area (Å²) in [7, 11) is 0. The van der Waals surface area contributed by atoms with E-state index in [0.717, 1.165) is 16.2 Å². The van der Waals surface area contributed by atoms with E-state index in [1.807, 2.05) is 0 Å². The highest BCUT2D eigenvalue weighted by Gasteiger charge is 2.54. The minimum Gasteiger partial charge on any atom is -0.462 e. The number of esters is 3. The molecule has 39 heavy (non-hydrogen) atoms. The van der Waals surface area contributed by atoms with Gasteiger partial charge in [-0.05, 0) is 32.4 Å². The predicted octanol–water partition coefficient (Wildman–Crippen LogP) is 0.767. The molecule has 0 bridgehead atoms. The third-order valence-electron chi connectivity index (χ3n) is 5.25. The normalized spacial score (nSPS) is 19.3. The summed E-state index contributed by atoms with van der Waals surface area (Å²) < 4.78 is 15.0. The smallest absolute Gasteiger partial charge is 0.358 e. The Morgan fingerprint density at radius 3 is 2.59 bits per heavy atom. The van der Waals surface area contributed by atoms with E-state index in [0.29, 0.717) is 5.57 Å². The van der Waals surface area contributed by atoms with E-state index in [1.165, 1.54) is 36.2 Å². The Labute approximate surface area is 231 Å². The predicted molar refractivity (Wildman–Crippen MR) is 139 cm³/mol. The number of nitrogen functional groups attached to an aromatic ring is 1. The fourth-order valence-electron chi connectivity index (χ4n) is 3.36. The zero-order valence-corrected chi connectivity index (χ0v) is 23.1. The Bertz CT molecular complexity index is 1260. The van der Waals surface area contributed by atoms with Crippen molar-refractivity contribution in [3.05, 3.63) is 34.5 Å². The number of aromatic nitrogens is 1. The van der Waals surface area contributed by atoms with E-state index in [-0.39, 0.29) is 28.9 Å². The first-order valence-electron chi connectivity index (χ1n) is 11.4. The van der Waals surface area contributed by atoms with Crippen molar-refractivity contribution in [2.24, 2.45) is 10.6 Å². The van der Waals surface area contributed by atoms with E-state index in [4.69, 9.17) is 19.9 Å². The van der Waals surface area contributed by atoms with E-state index >= 15 is 0 Å². The maximum Gasteiger partial charge on any atom is 0.358 e. The number of β-lactam (4-membered cyclic amide) rings is 1. The number of nitrogens with zero attached hydrogens (tertiary/aromatic N) is 3. The lowest BCUT2D eigenvalue weighted by Crippen LogP contribution is -2.71. The summed E-state index contributed by atoms with van der Waals surface area (Å²) in [6.45, 7) is 5.43. The van der Waals surface area contributed by atoms with E-state index in [9.17, 15) is 29.2 Å². The van der Waals surface area contributed by atoms with Crippen LogP contribution in [0.3, 0.4) is 0 Å². The first-order chi connectivity index (χ1) is 18.3. The molecule has 210 valence electrons. The zero-order valence-electron chi connectivity index (χ0n) is 21.5. The number of thiazole rings is 1. The standard InChI is InChI=1S/C23H27N5O9S2/c1-11(29)35-7-5-6-12-8-38-19-15(26-17(30)14(27-34)13-9-39-22(24)25-13)18(31)28(19)16(12)20(32)36-10-37-21(33)23(2,3)4/h5-6,9,15,19,34H,7-8,10H2,1-4H3,(H2,24,25)(H,26,30)/b6-5+,27-14-/t15?,19-/m1/s1. The molecule has 2 amide bonds. The van der Waals surface area contributed by atoms with Crippen LogP contribution in [0, 0.1) is 5.41 Å². The maximum atomic E-state index is 13.1. The van der Waals surface area contributed by atoms with Crippen LogP contribution in [0.2, 0.25) is 0 Å². The van der Waals surface area contributed by atoms with Gasteiger partial charge in [0, 0.05) is 18.1 Å². The third kappa shape index (κ3) is 6.94. The molecule has 3 heterocycles. The second kappa shape index (κ2) is 12.3. The molecule has 4 N–H and O–H groups in total. The monoisotopic (exact) mass is 581 g/mol. The molecule has 16 heteroatoms. The van der Waals surface area contributed by atoms with Gasteiger partial charge in [0.15, 0.2) is 10.8 Å². The average Bonchev–Trinajstić information content (AvgIpc) is 3.29. The van der Waals surface area contributed by atoms with Gasteiger partial charge in [-0.3, -0.25) is 24.1 Å². The van der Waals surface area contributed by atoms with Gasteiger partial charge in [-0.25, -0.2) is 9.78 Å². The Morgan fingerprint density at radius 2 is 2.00 bits per heavy atom. The van der Waals surface area contributed by atoms with Crippen molar-refractivity contribution < 1.29 is 43.4 Å². The number of rotatable bonds is 9. The molecule has 0 saturated carbocycles. The number of anilines is 1. The van der Waals surface area contributed by atoms with Crippen LogP contribution in [0.4, 0.5) is 5.13 Å². The van der Waals surface area contributed by atoms with Gasteiger partial charge in [-0.2, -0.15) is 0 Å². The molecule has 14 nitrogen and oxygen atoms in total. The summed E-state index contributed by atoms with van der Waals surface area (Å²) in [5, 5.41) is 15.7. The van der Waals surface area contributed by atoms with Gasteiger partial charge in [0.2, 0.25) is 6.79 Å². The molecule has 0 aliphatic carbocycles. The van der Waals surface area contributed by atoms with Crippen molar-refractivity contribution in [1.82, 2.24) is 15.2 Å². The van der Waals surface area contributed by atoms with Crippen molar-refractivity contribution in [2.75, 3.05) is 24.9 Å². The van der Waals surface area contributed by atoms with Crippen LogP contribution in [0.25, 0.3) is 0 Å². The molecule has 3 rings (SSSR count). The van der Waals surface area contributed by atoms with E-state index in [2.05, 4.69) is 15.5 Å². The van der Waals surface area contributed by atoms with Crippen molar-refractivity contribution in [3.8, 4) is 0 Å². The number of hydrogen-bond donors (Lipinski definition) is 3. The molecule has 2 aliphatic rings. The second-order valence-electron chi connectivity index (χ2n) is 9.19. The molecular weight excluding hydrogens is 554 g/mol. The van der Waals surface area contributed by atoms with Gasteiger partial charge in [0.1, 0.15) is 29.4 Å². The number of carbonyl (C=O) groups excluding carboxylic acids is 5. The van der Waals surface area contributed by atoms with Gasteiger partial charge in [-0.1, -0.05) is 11.2 Å². The summed E-state index contributed by atoms with van der Waals surface area (Å²) in [5.41, 5.74) is 4.65. The summed E-state index contributed by atoms with van der Waals surface area (Å²) >= 11 is 2.29. The highest BCUT2D eigenvalue weighted by atomic mass is 32.2. The lowest BCUT2D eigenvalue weighted by molar-refractivity contribution is -0.173. The molecule has 1 fully saturated rings. The lowest BCUT2D eigenvalue weighted by atomic mass is 9.98. The minimum absolute atomic E-state index is 0.0339. The molecule has 1 unspecified atom stereocenters. The molecule has 2 aliphatic heterocycles.